The van der Waals surface area contributed by atoms with Crippen LogP contribution >= 0.6 is 0 Å². The molecular weight excluding hydrogens is 518 g/mol. The van der Waals surface area contributed by atoms with Gasteiger partial charge in [-0.3, -0.25) is 0 Å². The molecule has 0 amide bonds. The number of carbonyl (C=O) groups is 1. The van der Waals surface area contributed by atoms with Crippen LogP contribution in [0.1, 0.15) is 36.1 Å². The molecule has 8 heteroatoms. The summed E-state index contributed by atoms with van der Waals surface area (Å²) in [5.74, 6) is 0.196. The van der Waals surface area contributed by atoms with E-state index in [0.717, 1.165) is 49.7 Å². The first kappa shape index (κ1) is 27.7. The minimum Gasteiger partial charge on any atom is -0.488 e. The molecule has 0 saturated carbocycles. The highest BCUT2D eigenvalue weighted by Gasteiger charge is 2.18. The predicted molar refractivity (Wildman–Crippen MR) is 161 cm³/mol. The molecule has 8 nitrogen and oxygen atoms in total. The Morgan fingerprint density at radius 2 is 1.66 bits per heavy atom. The van der Waals surface area contributed by atoms with Crippen molar-refractivity contribution < 1.29 is 19.1 Å². The summed E-state index contributed by atoms with van der Waals surface area (Å²) in [5, 5.41) is 9.32. The van der Waals surface area contributed by atoms with Crippen molar-refractivity contribution >= 4 is 33.5 Å². The van der Waals surface area contributed by atoms with Gasteiger partial charge in [0.15, 0.2) is 0 Å². The Labute approximate surface area is 238 Å². The van der Waals surface area contributed by atoms with Crippen molar-refractivity contribution in [3.63, 3.8) is 0 Å². The number of carbonyl (C=O) groups excluding carboxylic acids is 1. The molecule has 0 bridgehead atoms. The highest BCUT2D eigenvalue weighted by molar-refractivity contribution is 6.17. The summed E-state index contributed by atoms with van der Waals surface area (Å²) in [5.41, 5.74) is 6.83. The third-order valence-electron chi connectivity index (χ3n) is 6.82. The lowest BCUT2D eigenvalue weighted by atomic mass is 9.96. The Hall–Kier alpha value is -4.82. The third kappa shape index (κ3) is 5.88. The molecule has 5 rings (SSSR count). The molecular formula is C33H31N3O5. The van der Waals surface area contributed by atoms with Gasteiger partial charge in [-0.2, -0.15) is 4.91 Å². The number of methoxy groups -OCH3 is 1. The SMILES string of the molecule is COCC(C)Oc1ccc(/C(=N/OC(C)=O)c2ccc3c(c2)c2cc(CN=O)ccc2n3-c2ccccc2)c(C)c1. The molecule has 0 saturated heterocycles. The smallest absolute Gasteiger partial charge is 0.332 e. The van der Waals surface area contributed by atoms with Crippen LogP contribution in [-0.4, -0.2) is 36.1 Å². The number of benzene rings is 4. The molecule has 0 spiro atoms. The number of hydrogen-bond donors (Lipinski definition) is 0. The Kier molecular flexibility index (Phi) is 8.21. The van der Waals surface area contributed by atoms with E-state index in [0.29, 0.717) is 18.1 Å². The molecule has 1 heterocycles. The van der Waals surface area contributed by atoms with Crippen molar-refractivity contribution in [1.82, 2.24) is 4.57 Å². The van der Waals surface area contributed by atoms with Crippen LogP contribution in [0.3, 0.4) is 0 Å². The van der Waals surface area contributed by atoms with Gasteiger partial charge in [0.05, 0.1) is 17.6 Å². The van der Waals surface area contributed by atoms with E-state index in [1.54, 1.807) is 7.11 Å². The van der Waals surface area contributed by atoms with Crippen molar-refractivity contribution in [2.24, 2.45) is 10.3 Å². The fraction of sp³-hybridized carbons (Fsp3) is 0.212. The van der Waals surface area contributed by atoms with Gasteiger partial charge in [0.2, 0.25) is 0 Å². The van der Waals surface area contributed by atoms with Crippen LogP contribution in [0.4, 0.5) is 0 Å². The fourth-order valence-electron chi connectivity index (χ4n) is 5.09. The van der Waals surface area contributed by atoms with Gasteiger partial charge in [-0.1, -0.05) is 40.7 Å². The largest absolute Gasteiger partial charge is 0.488 e. The van der Waals surface area contributed by atoms with Gasteiger partial charge in [0.1, 0.15) is 24.1 Å². The summed E-state index contributed by atoms with van der Waals surface area (Å²) >= 11 is 0. The summed E-state index contributed by atoms with van der Waals surface area (Å²) in [6.07, 6.45) is -0.108. The van der Waals surface area contributed by atoms with Gasteiger partial charge in [-0.05, 0) is 79.6 Å². The lowest BCUT2D eigenvalue weighted by Crippen LogP contribution is -2.18. The summed E-state index contributed by atoms with van der Waals surface area (Å²) in [4.78, 5) is 28.0. The first-order valence-corrected chi connectivity index (χ1v) is 13.3. The zero-order chi connectivity index (χ0) is 28.9. The predicted octanol–water partition coefficient (Wildman–Crippen LogP) is 7.09. The van der Waals surface area contributed by atoms with E-state index in [-0.39, 0.29) is 12.6 Å². The highest BCUT2D eigenvalue weighted by Crippen LogP contribution is 2.34. The van der Waals surface area contributed by atoms with Crippen molar-refractivity contribution in [1.29, 1.82) is 0 Å². The number of nitrogens with zero attached hydrogens (tertiary/aromatic N) is 3. The number of para-hydroxylation sites is 1. The average Bonchev–Trinajstić information content (AvgIpc) is 3.28. The first-order chi connectivity index (χ1) is 19.9. The Morgan fingerprint density at radius 3 is 2.34 bits per heavy atom. The molecule has 0 fully saturated rings. The van der Waals surface area contributed by atoms with Crippen LogP contribution in [0.15, 0.2) is 95.3 Å². The lowest BCUT2D eigenvalue weighted by molar-refractivity contribution is -0.140. The molecule has 0 aliphatic heterocycles. The number of fused-ring (bicyclic) bond motifs is 3. The van der Waals surface area contributed by atoms with Crippen molar-refractivity contribution in [3.05, 3.63) is 112 Å². The van der Waals surface area contributed by atoms with Crippen molar-refractivity contribution in [2.75, 3.05) is 13.7 Å². The molecule has 0 aliphatic rings. The van der Waals surface area contributed by atoms with Crippen LogP contribution in [0.25, 0.3) is 27.5 Å². The van der Waals surface area contributed by atoms with E-state index in [1.807, 2.05) is 86.6 Å². The van der Waals surface area contributed by atoms with E-state index < -0.39 is 5.97 Å². The Balaban J connectivity index is 1.68. The Morgan fingerprint density at radius 1 is 0.927 bits per heavy atom. The van der Waals surface area contributed by atoms with Gasteiger partial charge >= 0.3 is 5.97 Å². The number of aryl methyl sites for hydroxylation is 1. The zero-order valence-corrected chi connectivity index (χ0v) is 23.5. The zero-order valence-electron chi connectivity index (χ0n) is 23.5. The number of hydrogen-bond acceptors (Lipinski definition) is 7. The standard InChI is InChI=1S/C33H31N3O5/c1-21-16-27(40-22(2)20-39-4)12-13-28(21)33(35-41-23(3)37)25-11-15-32-30(18-25)29-17-24(19-34-38)10-14-31(29)36(32)26-8-6-5-7-9-26/h5-18,22H,19-20H2,1-4H3/b35-33+. The molecule has 41 heavy (non-hydrogen) atoms. The van der Waals surface area contributed by atoms with Gasteiger partial charge in [0, 0.05) is 41.6 Å². The number of oxime groups is 1. The van der Waals surface area contributed by atoms with Gasteiger partial charge in [-0.15, -0.1) is 0 Å². The summed E-state index contributed by atoms with van der Waals surface area (Å²) in [6.45, 7) is 5.79. The molecule has 1 aromatic heterocycles. The second kappa shape index (κ2) is 12.1. The van der Waals surface area contributed by atoms with Gasteiger partial charge in [0.25, 0.3) is 0 Å². The van der Waals surface area contributed by atoms with Crippen LogP contribution in [0.5, 0.6) is 5.75 Å². The number of nitroso groups, excluding NO2 is 1. The molecule has 0 N–H and O–H groups in total. The molecule has 5 aromatic rings. The summed E-state index contributed by atoms with van der Waals surface area (Å²) in [7, 11) is 1.64. The number of ether oxygens (including phenoxy) is 2. The lowest BCUT2D eigenvalue weighted by Gasteiger charge is -2.16. The van der Waals surface area contributed by atoms with E-state index in [2.05, 4.69) is 27.0 Å². The van der Waals surface area contributed by atoms with Crippen LogP contribution in [0, 0.1) is 11.8 Å². The number of rotatable bonds is 10. The number of aromatic nitrogens is 1. The maximum absolute atomic E-state index is 11.8. The molecule has 208 valence electrons. The van der Waals surface area contributed by atoms with Gasteiger partial charge < -0.3 is 18.9 Å². The van der Waals surface area contributed by atoms with E-state index in [4.69, 9.17) is 14.3 Å². The second-order valence-electron chi connectivity index (χ2n) is 9.92. The Bertz CT molecular complexity index is 1760. The molecule has 0 aliphatic carbocycles. The fourth-order valence-corrected chi connectivity index (χ4v) is 5.09. The van der Waals surface area contributed by atoms with Crippen molar-refractivity contribution in [3.8, 4) is 11.4 Å². The van der Waals surface area contributed by atoms with Crippen LogP contribution in [0.2, 0.25) is 0 Å². The van der Waals surface area contributed by atoms with Gasteiger partial charge in [-0.25, -0.2) is 4.79 Å². The van der Waals surface area contributed by atoms with Crippen LogP contribution in [-0.2, 0) is 20.9 Å². The monoisotopic (exact) mass is 549 g/mol. The normalized spacial score (nSPS) is 12.4. The highest BCUT2D eigenvalue weighted by atomic mass is 16.7. The summed E-state index contributed by atoms with van der Waals surface area (Å²) in [6, 6.07) is 27.8. The molecule has 4 aromatic carbocycles. The molecule has 1 atom stereocenters. The maximum atomic E-state index is 11.8. The molecule has 1 unspecified atom stereocenters. The van der Waals surface area contributed by atoms with Crippen molar-refractivity contribution in [2.45, 2.75) is 33.4 Å². The third-order valence-corrected chi connectivity index (χ3v) is 6.82. The minimum absolute atomic E-state index is 0.0867. The quantitative estimate of drug-likeness (QED) is 0.0803. The minimum atomic E-state index is -0.513. The summed E-state index contributed by atoms with van der Waals surface area (Å²) < 4.78 is 13.3. The maximum Gasteiger partial charge on any atom is 0.332 e. The van der Waals surface area contributed by atoms with Crippen LogP contribution < -0.4 is 4.74 Å². The topological polar surface area (TPSA) is 91.5 Å². The van der Waals surface area contributed by atoms with E-state index in [1.165, 1.54) is 6.92 Å². The van der Waals surface area contributed by atoms with E-state index >= 15 is 0 Å². The second-order valence-corrected chi connectivity index (χ2v) is 9.92. The average molecular weight is 550 g/mol. The first-order valence-electron chi connectivity index (χ1n) is 13.3. The molecule has 0 radical (unpaired) electrons. The van der Waals surface area contributed by atoms with E-state index in [9.17, 15) is 9.70 Å².